The topological polar surface area (TPSA) is 62.1 Å². The molecule has 0 amide bonds. The minimum atomic E-state index is -0.139. The van der Waals surface area contributed by atoms with Crippen LogP contribution in [0.15, 0.2) is 30.3 Å². The lowest BCUT2D eigenvalue weighted by atomic mass is 10.2. The molecule has 1 aromatic carbocycles. The molecule has 19 heavy (non-hydrogen) atoms. The minimum absolute atomic E-state index is 0.139. The van der Waals surface area contributed by atoms with Crippen LogP contribution in [0.25, 0.3) is 11.4 Å². The molecule has 6 nitrogen and oxygen atoms in total. The van der Waals surface area contributed by atoms with E-state index in [0.717, 1.165) is 31.6 Å². The summed E-state index contributed by atoms with van der Waals surface area (Å²) in [5.41, 5.74) is 0.971. The molecule has 0 unspecified atom stereocenters. The van der Waals surface area contributed by atoms with E-state index >= 15 is 0 Å². The van der Waals surface area contributed by atoms with Crippen LogP contribution in [0, 0.1) is 0 Å². The van der Waals surface area contributed by atoms with Crippen molar-refractivity contribution in [3.05, 3.63) is 30.3 Å². The van der Waals surface area contributed by atoms with Gasteiger partial charge in [-0.2, -0.15) is 4.80 Å². The molecule has 100 valence electrons. The van der Waals surface area contributed by atoms with Gasteiger partial charge in [0.15, 0.2) is 6.29 Å². The molecule has 2 aromatic rings. The minimum Gasteiger partial charge on any atom is -0.353 e. The largest absolute Gasteiger partial charge is 0.353 e. The molecule has 3 rings (SSSR count). The average molecular weight is 260 g/mol. The fourth-order valence-electron chi connectivity index (χ4n) is 1.96. The van der Waals surface area contributed by atoms with E-state index in [1.807, 2.05) is 30.3 Å². The van der Waals surface area contributed by atoms with Gasteiger partial charge in [0.05, 0.1) is 19.8 Å². The summed E-state index contributed by atoms with van der Waals surface area (Å²) in [5, 5.41) is 12.4. The molecule has 0 bridgehead atoms. The number of aromatic nitrogens is 4. The lowest BCUT2D eigenvalue weighted by Crippen LogP contribution is -2.26. The highest BCUT2D eigenvalue weighted by atomic mass is 16.7. The first-order chi connectivity index (χ1) is 9.42. The van der Waals surface area contributed by atoms with Gasteiger partial charge in [-0.05, 0) is 11.6 Å². The summed E-state index contributed by atoms with van der Waals surface area (Å²) in [4.78, 5) is 1.59. The summed E-state index contributed by atoms with van der Waals surface area (Å²) >= 11 is 0. The number of benzene rings is 1. The number of rotatable bonds is 4. The van der Waals surface area contributed by atoms with Gasteiger partial charge in [-0.3, -0.25) is 0 Å². The molecule has 2 heterocycles. The first-order valence-electron chi connectivity index (χ1n) is 6.48. The molecular weight excluding hydrogens is 244 g/mol. The van der Waals surface area contributed by atoms with Crippen molar-refractivity contribution in [2.75, 3.05) is 13.2 Å². The molecule has 1 aromatic heterocycles. The third kappa shape index (κ3) is 3.15. The molecule has 1 saturated heterocycles. The summed E-state index contributed by atoms with van der Waals surface area (Å²) in [6.07, 6.45) is 1.57. The van der Waals surface area contributed by atoms with Crippen molar-refractivity contribution in [1.82, 2.24) is 20.2 Å². The Kier molecular flexibility index (Phi) is 3.81. The van der Waals surface area contributed by atoms with Crippen molar-refractivity contribution in [2.45, 2.75) is 25.7 Å². The maximum absolute atomic E-state index is 5.48. The molecule has 0 radical (unpaired) electrons. The number of tetrazole rings is 1. The molecule has 1 aliphatic rings. The number of hydrogen-bond donors (Lipinski definition) is 0. The van der Waals surface area contributed by atoms with Gasteiger partial charge >= 0.3 is 0 Å². The molecule has 1 aliphatic heterocycles. The maximum Gasteiger partial charge on any atom is 0.204 e. The van der Waals surface area contributed by atoms with Gasteiger partial charge in [-0.15, -0.1) is 10.2 Å². The van der Waals surface area contributed by atoms with Gasteiger partial charge in [0.25, 0.3) is 0 Å². The van der Waals surface area contributed by atoms with Crippen LogP contribution < -0.4 is 0 Å². The highest BCUT2D eigenvalue weighted by Gasteiger charge is 2.14. The van der Waals surface area contributed by atoms with E-state index in [9.17, 15) is 0 Å². The van der Waals surface area contributed by atoms with Crippen molar-refractivity contribution in [2.24, 2.45) is 0 Å². The summed E-state index contributed by atoms with van der Waals surface area (Å²) in [6, 6.07) is 9.81. The monoisotopic (exact) mass is 260 g/mol. The number of ether oxygens (including phenoxy) is 2. The Morgan fingerprint density at radius 3 is 2.74 bits per heavy atom. The molecule has 0 aliphatic carbocycles. The Balaban J connectivity index is 1.59. The summed E-state index contributed by atoms with van der Waals surface area (Å²) in [6.45, 7) is 2.18. The van der Waals surface area contributed by atoms with Crippen molar-refractivity contribution in [3.63, 3.8) is 0 Å². The fourth-order valence-corrected chi connectivity index (χ4v) is 1.96. The molecule has 0 spiro atoms. The number of hydrogen-bond acceptors (Lipinski definition) is 5. The van der Waals surface area contributed by atoms with Crippen LogP contribution >= 0.6 is 0 Å². The van der Waals surface area contributed by atoms with E-state index in [0.29, 0.717) is 12.4 Å². The van der Waals surface area contributed by atoms with Crippen LogP contribution in [0.4, 0.5) is 0 Å². The zero-order chi connectivity index (χ0) is 12.9. The van der Waals surface area contributed by atoms with Crippen LogP contribution in [0.3, 0.4) is 0 Å². The predicted octanol–water partition coefficient (Wildman–Crippen LogP) is 1.49. The first-order valence-corrected chi connectivity index (χ1v) is 6.48. The van der Waals surface area contributed by atoms with Gasteiger partial charge in [-0.1, -0.05) is 30.3 Å². The second-order valence-electron chi connectivity index (χ2n) is 4.39. The van der Waals surface area contributed by atoms with Gasteiger partial charge in [0.2, 0.25) is 5.82 Å². The van der Waals surface area contributed by atoms with Crippen molar-refractivity contribution < 1.29 is 9.47 Å². The predicted molar refractivity (Wildman–Crippen MR) is 68.2 cm³/mol. The molecular formula is C13H16N4O2. The number of aryl methyl sites for hydroxylation is 1. The fraction of sp³-hybridized carbons (Fsp3) is 0.462. The van der Waals surface area contributed by atoms with Crippen LogP contribution in [0.1, 0.15) is 12.8 Å². The molecule has 0 N–H and O–H groups in total. The molecule has 0 atom stereocenters. The highest BCUT2D eigenvalue weighted by molar-refractivity contribution is 5.52. The van der Waals surface area contributed by atoms with E-state index in [-0.39, 0.29) is 6.29 Å². The lowest BCUT2D eigenvalue weighted by Gasteiger charge is -2.22. The zero-order valence-corrected chi connectivity index (χ0v) is 10.6. The molecule has 6 heteroatoms. The van der Waals surface area contributed by atoms with Gasteiger partial charge in [0, 0.05) is 12.0 Å². The Morgan fingerprint density at radius 2 is 1.95 bits per heavy atom. The first kappa shape index (κ1) is 12.3. The molecule has 1 fully saturated rings. The Labute approximate surface area is 111 Å². The quantitative estimate of drug-likeness (QED) is 0.833. The Morgan fingerprint density at radius 1 is 1.16 bits per heavy atom. The standard InChI is InChI=1S/C13H16N4O2/c1-2-5-11(6-3-1)13-14-16-17(15-13)8-7-12-18-9-4-10-19-12/h1-3,5-6,12H,4,7-10H2. The normalized spacial score (nSPS) is 16.6. The highest BCUT2D eigenvalue weighted by Crippen LogP contribution is 2.13. The second kappa shape index (κ2) is 5.90. The Hall–Kier alpha value is -1.79. The molecule has 0 saturated carbocycles. The van der Waals surface area contributed by atoms with Crippen molar-refractivity contribution in [1.29, 1.82) is 0 Å². The van der Waals surface area contributed by atoms with Gasteiger partial charge in [-0.25, -0.2) is 0 Å². The van der Waals surface area contributed by atoms with E-state index < -0.39 is 0 Å². The van der Waals surface area contributed by atoms with Gasteiger partial charge in [0.1, 0.15) is 0 Å². The number of nitrogens with zero attached hydrogens (tertiary/aromatic N) is 4. The summed E-state index contributed by atoms with van der Waals surface area (Å²) < 4.78 is 11.0. The van der Waals surface area contributed by atoms with Crippen LogP contribution in [-0.4, -0.2) is 39.7 Å². The van der Waals surface area contributed by atoms with Crippen molar-refractivity contribution >= 4 is 0 Å². The van der Waals surface area contributed by atoms with E-state index in [1.54, 1.807) is 4.80 Å². The van der Waals surface area contributed by atoms with Crippen LogP contribution in [0.5, 0.6) is 0 Å². The smallest absolute Gasteiger partial charge is 0.204 e. The van der Waals surface area contributed by atoms with Crippen LogP contribution in [-0.2, 0) is 16.0 Å². The van der Waals surface area contributed by atoms with E-state index in [2.05, 4.69) is 15.4 Å². The second-order valence-corrected chi connectivity index (χ2v) is 4.39. The SMILES string of the molecule is c1ccc(-c2nnn(CCC3OCCCO3)n2)cc1. The zero-order valence-electron chi connectivity index (χ0n) is 10.6. The maximum atomic E-state index is 5.48. The van der Waals surface area contributed by atoms with E-state index in [1.165, 1.54) is 0 Å². The summed E-state index contributed by atoms with van der Waals surface area (Å²) in [5.74, 6) is 0.645. The average Bonchev–Trinajstić information content (AvgIpc) is 2.96. The van der Waals surface area contributed by atoms with Crippen molar-refractivity contribution in [3.8, 4) is 11.4 Å². The van der Waals surface area contributed by atoms with Gasteiger partial charge < -0.3 is 9.47 Å². The third-order valence-electron chi connectivity index (χ3n) is 2.95. The van der Waals surface area contributed by atoms with Crippen LogP contribution in [0.2, 0.25) is 0 Å². The Bertz CT molecular complexity index is 508. The third-order valence-corrected chi connectivity index (χ3v) is 2.95. The van der Waals surface area contributed by atoms with E-state index in [4.69, 9.17) is 9.47 Å². The lowest BCUT2D eigenvalue weighted by molar-refractivity contribution is -0.182. The summed E-state index contributed by atoms with van der Waals surface area (Å²) in [7, 11) is 0.